The van der Waals surface area contributed by atoms with Crippen LogP contribution in [0.4, 0.5) is 11.5 Å². The van der Waals surface area contributed by atoms with Crippen LogP contribution in [0.15, 0.2) is 36.5 Å². The SMILES string of the molecule is Cc1cc(N)cnc1N1CCc2ccccc2C1. The van der Waals surface area contributed by atoms with Gasteiger partial charge in [-0.3, -0.25) is 0 Å². The Kier molecular flexibility index (Phi) is 2.67. The molecule has 92 valence electrons. The van der Waals surface area contributed by atoms with E-state index < -0.39 is 0 Å². The van der Waals surface area contributed by atoms with Gasteiger partial charge in [0, 0.05) is 13.1 Å². The van der Waals surface area contributed by atoms with Crippen LogP contribution in [0, 0.1) is 6.92 Å². The Morgan fingerprint density at radius 3 is 2.78 bits per heavy atom. The number of anilines is 2. The van der Waals surface area contributed by atoms with Crippen molar-refractivity contribution in [3.8, 4) is 0 Å². The van der Waals surface area contributed by atoms with E-state index in [4.69, 9.17) is 5.73 Å². The van der Waals surface area contributed by atoms with E-state index in [-0.39, 0.29) is 0 Å². The summed E-state index contributed by atoms with van der Waals surface area (Å²) in [4.78, 5) is 6.81. The highest BCUT2D eigenvalue weighted by atomic mass is 15.2. The number of fused-ring (bicyclic) bond motifs is 1. The van der Waals surface area contributed by atoms with E-state index in [1.54, 1.807) is 6.20 Å². The monoisotopic (exact) mass is 239 g/mol. The number of nitrogens with zero attached hydrogens (tertiary/aromatic N) is 2. The first kappa shape index (κ1) is 11.1. The van der Waals surface area contributed by atoms with Gasteiger partial charge in [-0.25, -0.2) is 4.98 Å². The lowest BCUT2D eigenvalue weighted by Gasteiger charge is -2.30. The van der Waals surface area contributed by atoms with Gasteiger partial charge in [0.2, 0.25) is 0 Å². The number of nitrogens with two attached hydrogens (primary N) is 1. The molecule has 3 heteroatoms. The third kappa shape index (κ3) is 1.92. The zero-order valence-corrected chi connectivity index (χ0v) is 10.6. The molecule has 3 rings (SSSR count). The summed E-state index contributed by atoms with van der Waals surface area (Å²) >= 11 is 0. The Bertz CT molecular complexity index is 578. The average molecular weight is 239 g/mol. The van der Waals surface area contributed by atoms with Crippen molar-refractivity contribution in [1.82, 2.24) is 4.98 Å². The highest BCUT2D eigenvalue weighted by Gasteiger charge is 2.18. The van der Waals surface area contributed by atoms with E-state index in [1.807, 2.05) is 6.07 Å². The van der Waals surface area contributed by atoms with Gasteiger partial charge in [-0.1, -0.05) is 24.3 Å². The van der Waals surface area contributed by atoms with Crippen LogP contribution in [0.1, 0.15) is 16.7 Å². The Balaban J connectivity index is 1.92. The maximum atomic E-state index is 5.75. The van der Waals surface area contributed by atoms with Crippen LogP contribution in [0.3, 0.4) is 0 Å². The smallest absolute Gasteiger partial charge is 0.131 e. The molecule has 2 aromatic rings. The molecule has 0 atom stereocenters. The van der Waals surface area contributed by atoms with Crippen LogP contribution in [0.25, 0.3) is 0 Å². The van der Waals surface area contributed by atoms with E-state index in [0.29, 0.717) is 0 Å². The van der Waals surface area contributed by atoms with Gasteiger partial charge in [-0.15, -0.1) is 0 Å². The molecule has 0 radical (unpaired) electrons. The third-order valence-corrected chi connectivity index (χ3v) is 3.50. The third-order valence-electron chi connectivity index (χ3n) is 3.50. The molecule has 2 N–H and O–H groups in total. The molecule has 3 nitrogen and oxygen atoms in total. The zero-order chi connectivity index (χ0) is 12.5. The molecule has 1 aliphatic rings. The van der Waals surface area contributed by atoms with Crippen LogP contribution in [0.5, 0.6) is 0 Å². The van der Waals surface area contributed by atoms with Crippen LogP contribution in [-0.4, -0.2) is 11.5 Å². The molecule has 1 aromatic carbocycles. The fourth-order valence-corrected chi connectivity index (χ4v) is 2.60. The topological polar surface area (TPSA) is 42.1 Å². The largest absolute Gasteiger partial charge is 0.397 e. The molecule has 0 saturated heterocycles. The van der Waals surface area contributed by atoms with Gasteiger partial charge >= 0.3 is 0 Å². The predicted molar refractivity (Wildman–Crippen MR) is 74.6 cm³/mol. The maximum Gasteiger partial charge on any atom is 0.131 e. The molecule has 0 unspecified atom stereocenters. The Hall–Kier alpha value is -2.03. The standard InChI is InChI=1S/C15H17N3/c1-11-8-14(16)9-17-15(11)18-7-6-12-4-2-3-5-13(12)10-18/h2-5,8-9H,6-7,10,16H2,1H3. The second kappa shape index (κ2) is 4.33. The van der Waals surface area contributed by atoms with Gasteiger partial charge in [0.25, 0.3) is 0 Å². The molecule has 0 fully saturated rings. The molecular weight excluding hydrogens is 222 g/mol. The second-order valence-electron chi connectivity index (χ2n) is 4.85. The first-order chi connectivity index (χ1) is 8.74. The van der Waals surface area contributed by atoms with Gasteiger partial charge in [0.05, 0.1) is 11.9 Å². The van der Waals surface area contributed by atoms with Gasteiger partial charge in [0.1, 0.15) is 5.82 Å². The molecule has 1 aromatic heterocycles. The van der Waals surface area contributed by atoms with E-state index in [0.717, 1.165) is 36.6 Å². The minimum Gasteiger partial charge on any atom is -0.397 e. The van der Waals surface area contributed by atoms with Crippen molar-refractivity contribution in [3.05, 3.63) is 53.2 Å². The summed E-state index contributed by atoms with van der Waals surface area (Å²) in [6.07, 6.45) is 2.82. The van der Waals surface area contributed by atoms with Crippen molar-refractivity contribution in [2.24, 2.45) is 0 Å². The number of pyridine rings is 1. The molecule has 18 heavy (non-hydrogen) atoms. The van der Waals surface area contributed by atoms with Gasteiger partial charge < -0.3 is 10.6 Å². The Morgan fingerprint density at radius 2 is 2.00 bits per heavy atom. The van der Waals surface area contributed by atoms with Gasteiger partial charge in [-0.2, -0.15) is 0 Å². The summed E-state index contributed by atoms with van der Waals surface area (Å²) in [6, 6.07) is 10.6. The van der Waals surface area contributed by atoms with E-state index in [9.17, 15) is 0 Å². The molecule has 0 amide bonds. The van der Waals surface area contributed by atoms with Crippen LogP contribution < -0.4 is 10.6 Å². The highest BCUT2D eigenvalue weighted by Crippen LogP contribution is 2.25. The van der Waals surface area contributed by atoms with Crippen molar-refractivity contribution in [2.45, 2.75) is 19.9 Å². The number of hydrogen-bond donors (Lipinski definition) is 1. The number of rotatable bonds is 1. The molecule has 0 bridgehead atoms. The predicted octanol–water partition coefficient (Wildman–Crippen LogP) is 2.53. The lowest BCUT2D eigenvalue weighted by Crippen LogP contribution is -2.31. The summed E-state index contributed by atoms with van der Waals surface area (Å²) in [7, 11) is 0. The number of aromatic nitrogens is 1. The van der Waals surface area contributed by atoms with Gasteiger partial charge in [-0.05, 0) is 36.1 Å². The summed E-state index contributed by atoms with van der Waals surface area (Å²) in [5.41, 5.74) is 10.5. The quantitative estimate of drug-likeness (QED) is 0.831. The molecule has 0 spiro atoms. The average Bonchev–Trinajstić information content (AvgIpc) is 2.38. The van der Waals surface area contributed by atoms with E-state index in [1.165, 1.54) is 11.1 Å². The lowest BCUT2D eigenvalue weighted by molar-refractivity contribution is 0.718. The number of hydrogen-bond acceptors (Lipinski definition) is 3. The highest BCUT2D eigenvalue weighted by molar-refractivity contribution is 5.54. The second-order valence-corrected chi connectivity index (χ2v) is 4.85. The molecular formula is C15H17N3. The maximum absolute atomic E-state index is 5.75. The van der Waals surface area contributed by atoms with E-state index >= 15 is 0 Å². The summed E-state index contributed by atoms with van der Waals surface area (Å²) < 4.78 is 0. The minimum atomic E-state index is 0.730. The Morgan fingerprint density at radius 1 is 1.22 bits per heavy atom. The van der Waals surface area contributed by atoms with Crippen molar-refractivity contribution in [2.75, 3.05) is 17.2 Å². The number of aryl methyl sites for hydroxylation is 1. The van der Waals surface area contributed by atoms with Crippen molar-refractivity contribution in [1.29, 1.82) is 0 Å². The Labute approximate surface area is 107 Å². The number of benzene rings is 1. The summed E-state index contributed by atoms with van der Waals surface area (Å²) in [6.45, 7) is 4.03. The summed E-state index contributed by atoms with van der Waals surface area (Å²) in [5, 5.41) is 0. The normalized spacial score (nSPS) is 14.4. The first-order valence-electron chi connectivity index (χ1n) is 6.28. The van der Waals surface area contributed by atoms with Crippen LogP contribution in [-0.2, 0) is 13.0 Å². The van der Waals surface area contributed by atoms with Crippen LogP contribution in [0.2, 0.25) is 0 Å². The van der Waals surface area contributed by atoms with Crippen LogP contribution >= 0.6 is 0 Å². The molecule has 2 heterocycles. The van der Waals surface area contributed by atoms with Gasteiger partial charge in [0.15, 0.2) is 0 Å². The molecule has 1 aliphatic heterocycles. The van der Waals surface area contributed by atoms with Crippen molar-refractivity contribution in [3.63, 3.8) is 0 Å². The van der Waals surface area contributed by atoms with Crippen molar-refractivity contribution < 1.29 is 0 Å². The minimum absolute atomic E-state index is 0.730. The fourth-order valence-electron chi connectivity index (χ4n) is 2.60. The molecule has 0 aliphatic carbocycles. The lowest BCUT2D eigenvalue weighted by atomic mass is 10.00. The van der Waals surface area contributed by atoms with E-state index in [2.05, 4.69) is 41.1 Å². The van der Waals surface area contributed by atoms with Crippen molar-refractivity contribution >= 4 is 11.5 Å². The first-order valence-corrected chi connectivity index (χ1v) is 6.28. The summed E-state index contributed by atoms with van der Waals surface area (Å²) in [5.74, 6) is 1.05. The zero-order valence-electron chi connectivity index (χ0n) is 10.6. The fraction of sp³-hybridized carbons (Fsp3) is 0.267. The number of nitrogen functional groups attached to an aromatic ring is 1. The molecule has 0 saturated carbocycles.